The van der Waals surface area contributed by atoms with Crippen LogP contribution in [-0.4, -0.2) is 17.4 Å². The summed E-state index contributed by atoms with van der Waals surface area (Å²) in [6.07, 6.45) is 0. The Hall–Kier alpha value is -1.24. The number of rotatable bonds is 5. The highest BCUT2D eigenvalue weighted by Gasteiger charge is 2.05. The number of carbonyl (C=O) groups is 1. The number of hydrogen-bond acceptors (Lipinski definition) is 4. The van der Waals surface area contributed by atoms with Crippen molar-refractivity contribution in [1.29, 1.82) is 0 Å². The second-order valence-corrected chi connectivity index (χ2v) is 5.91. The van der Waals surface area contributed by atoms with E-state index in [1.807, 2.05) is 36.6 Å². The first-order chi connectivity index (χ1) is 9.15. The molecule has 4 nitrogen and oxygen atoms in total. The summed E-state index contributed by atoms with van der Waals surface area (Å²) in [6.45, 7) is 2.83. The Kier molecular flexibility index (Phi) is 5.07. The number of aryl methyl sites for hydroxylation is 1. The third-order valence-electron chi connectivity index (χ3n) is 2.41. The van der Waals surface area contributed by atoms with Gasteiger partial charge in [-0.15, -0.1) is 11.3 Å². The maximum absolute atomic E-state index is 11.7. The zero-order valence-corrected chi connectivity index (χ0v) is 12.8. The number of nitrogens with zero attached hydrogens (tertiary/aromatic N) is 1. The molecule has 0 saturated carbocycles. The topological polar surface area (TPSA) is 54.0 Å². The first-order valence-electron chi connectivity index (χ1n) is 5.81. The van der Waals surface area contributed by atoms with E-state index in [0.29, 0.717) is 6.54 Å². The van der Waals surface area contributed by atoms with Crippen molar-refractivity contribution >= 4 is 38.9 Å². The van der Waals surface area contributed by atoms with Crippen LogP contribution < -0.4 is 10.6 Å². The number of para-hydroxylation sites is 1. The van der Waals surface area contributed by atoms with Crippen molar-refractivity contribution in [2.45, 2.75) is 13.5 Å². The van der Waals surface area contributed by atoms with Crippen molar-refractivity contribution in [3.05, 3.63) is 44.8 Å². The number of anilines is 1. The lowest BCUT2D eigenvalue weighted by Crippen LogP contribution is -2.27. The summed E-state index contributed by atoms with van der Waals surface area (Å²) < 4.78 is 0.874. The Labute approximate surface area is 124 Å². The zero-order valence-electron chi connectivity index (χ0n) is 10.4. The third kappa shape index (κ3) is 4.41. The maximum Gasteiger partial charge on any atom is 0.238 e. The molecule has 0 radical (unpaired) electrons. The minimum absolute atomic E-state index is 0.0705. The molecule has 100 valence electrons. The Bertz CT molecular complexity index is 571. The summed E-state index contributed by atoms with van der Waals surface area (Å²) in [7, 11) is 0. The van der Waals surface area contributed by atoms with Crippen LogP contribution in [0.2, 0.25) is 0 Å². The molecule has 0 bridgehead atoms. The number of aromatic nitrogens is 1. The van der Waals surface area contributed by atoms with Crippen molar-refractivity contribution in [2.75, 3.05) is 11.9 Å². The molecule has 0 saturated heterocycles. The van der Waals surface area contributed by atoms with Crippen molar-refractivity contribution in [3.63, 3.8) is 0 Å². The van der Waals surface area contributed by atoms with Crippen LogP contribution in [0.5, 0.6) is 0 Å². The average Bonchev–Trinajstić information content (AvgIpc) is 2.78. The van der Waals surface area contributed by atoms with E-state index < -0.39 is 0 Å². The molecule has 2 aromatic rings. The normalized spacial score (nSPS) is 10.4. The van der Waals surface area contributed by atoms with Gasteiger partial charge in [-0.1, -0.05) is 12.1 Å². The van der Waals surface area contributed by atoms with Gasteiger partial charge < -0.3 is 10.6 Å². The van der Waals surface area contributed by atoms with Crippen molar-refractivity contribution in [2.24, 2.45) is 0 Å². The van der Waals surface area contributed by atoms with Crippen LogP contribution in [0, 0.1) is 6.92 Å². The molecule has 0 atom stereocenters. The van der Waals surface area contributed by atoms with Crippen LogP contribution in [0.4, 0.5) is 5.69 Å². The van der Waals surface area contributed by atoms with E-state index in [2.05, 4.69) is 31.5 Å². The fourth-order valence-electron chi connectivity index (χ4n) is 1.55. The zero-order chi connectivity index (χ0) is 13.7. The molecule has 6 heteroatoms. The largest absolute Gasteiger partial charge is 0.324 e. The molecule has 0 aliphatic carbocycles. The van der Waals surface area contributed by atoms with Gasteiger partial charge in [-0.2, -0.15) is 0 Å². The molecule has 1 aromatic heterocycles. The average molecular weight is 340 g/mol. The van der Waals surface area contributed by atoms with E-state index in [-0.39, 0.29) is 12.5 Å². The van der Waals surface area contributed by atoms with Gasteiger partial charge in [-0.25, -0.2) is 4.98 Å². The Morgan fingerprint density at radius 2 is 2.21 bits per heavy atom. The summed E-state index contributed by atoms with van der Waals surface area (Å²) in [4.78, 5) is 16.1. The minimum atomic E-state index is -0.0705. The number of hydrogen-bond donors (Lipinski definition) is 2. The quantitative estimate of drug-likeness (QED) is 0.880. The van der Waals surface area contributed by atoms with Gasteiger partial charge >= 0.3 is 0 Å². The molecule has 2 N–H and O–H groups in total. The molecule has 0 aliphatic rings. The van der Waals surface area contributed by atoms with Crippen LogP contribution in [-0.2, 0) is 11.3 Å². The number of halogens is 1. The predicted molar refractivity (Wildman–Crippen MR) is 81.3 cm³/mol. The lowest BCUT2D eigenvalue weighted by atomic mass is 10.3. The highest BCUT2D eigenvalue weighted by molar-refractivity contribution is 9.10. The van der Waals surface area contributed by atoms with Crippen LogP contribution in [0.1, 0.15) is 10.7 Å². The van der Waals surface area contributed by atoms with E-state index in [1.165, 1.54) is 0 Å². The standard InChI is InChI=1S/C13H14BrN3OS/c1-9-16-10(8-19-9)6-15-7-13(18)17-12-5-3-2-4-11(12)14/h2-5,8,15H,6-7H2,1H3,(H,17,18). The number of nitrogens with one attached hydrogen (secondary N) is 2. The molecule has 1 aromatic carbocycles. The van der Waals surface area contributed by atoms with Gasteiger partial charge in [0.2, 0.25) is 5.91 Å². The molecule has 1 heterocycles. The lowest BCUT2D eigenvalue weighted by molar-refractivity contribution is -0.115. The fraction of sp³-hybridized carbons (Fsp3) is 0.231. The fourth-order valence-corrected chi connectivity index (χ4v) is 2.55. The molecule has 0 spiro atoms. The maximum atomic E-state index is 11.7. The Morgan fingerprint density at radius 1 is 1.42 bits per heavy atom. The number of amides is 1. The minimum Gasteiger partial charge on any atom is -0.324 e. The Morgan fingerprint density at radius 3 is 2.89 bits per heavy atom. The smallest absolute Gasteiger partial charge is 0.238 e. The van der Waals surface area contributed by atoms with E-state index in [4.69, 9.17) is 0 Å². The summed E-state index contributed by atoms with van der Waals surface area (Å²) >= 11 is 5.00. The summed E-state index contributed by atoms with van der Waals surface area (Å²) in [5.41, 5.74) is 1.75. The first kappa shape index (κ1) is 14.2. The van der Waals surface area contributed by atoms with Gasteiger partial charge in [0.15, 0.2) is 0 Å². The molecular formula is C13H14BrN3OS. The molecule has 0 unspecified atom stereocenters. The van der Waals surface area contributed by atoms with Gasteiger partial charge in [0.05, 0.1) is 22.9 Å². The van der Waals surface area contributed by atoms with Crippen molar-refractivity contribution in [3.8, 4) is 0 Å². The lowest BCUT2D eigenvalue weighted by Gasteiger charge is -2.07. The van der Waals surface area contributed by atoms with Crippen LogP contribution >= 0.6 is 27.3 Å². The van der Waals surface area contributed by atoms with E-state index in [9.17, 15) is 4.79 Å². The highest BCUT2D eigenvalue weighted by atomic mass is 79.9. The molecular weight excluding hydrogens is 326 g/mol. The van der Waals surface area contributed by atoms with Gasteiger partial charge in [0.1, 0.15) is 0 Å². The summed E-state index contributed by atoms with van der Waals surface area (Å²) in [5.74, 6) is -0.0705. The van der Waals surface area contributed by atoms with Crippen LogP contribution in [0.15, 0.2) is 34.1 Å². The highest BCUT2D eigenvalue weighted by Crippen LogP contribution is 2.20. The predicted octanol–water partition coefficient (Wildman–Crippen LogP) is 2.94. The number of thiazole rings is 1. The second kappa shape index (κ2) is 6.79. The number of carbonyl (C=O) groups excluding carboxylic acids is 1. The van der Waals surface area contributed by atoms with Gasteiger partial charge in [0.25, 0.3) is 0 Å². The molecule has 0 aliphatic heterocycles. The summed E-state index contributed by atoms with van der Waals surface area (Å²) in [5, 5.41) is 8.94. The first-order valence-corrected chi connectivity index (χ1v) is 7.48. The van der Waals surface area contributed by atoms with Gasteiger partial charge in [-0.3, -0.25) is 4.79 Å². The SMILES string of the molecule is Cc1nc(CNCC(=O)Nc2ccccc2Br)cs1. The van der Waals surface area contributed by atoms with Gasteiger partial charge in [0, 0.05) is 16.4 Å². The summed E-state index contributed by atoms with van der Waals surface area (Å²) in [6, 6.07) is 7.53. The van der Waals surface area contributed by atoms with Crippen LogP contribution in [0.25, 0.3) is 0 Å². The van der Waals surface area contributed by atoms with E-state index >= 15 is 0 Å². The molecule has 1 amide bonds. The van der Waals surface area contributed by atoms with Crippen molar-refractivity contribution < 1.29 is 4.79 Å². The molecule has 19 heavy (non-hydrogen) atoms. The van der Waals surface area contributed by atoms with E-state index in [0.717, 1.165) is 20.9 Å². The monoisotopic (exact) mass is 339 g/mol. The third-order valence-corrected chi connectivity index (χ3v) is 3.92. The van der Waals surface area contributed by atoms with Crippen LogP contribution in [0.3, 0.4) is 0 Å². The number of benzene rings is 1. The van der Waals surface area contributed by atoms with E-state index in [1.54, 1.807) is 11.3 Å². The molecule has 0 fully saturated rings. The van der Waals surface area contributed by atoms with Gasteiger partial charge in [-0.05, 0) is 35.0 Å². The molecule has 2 rings (SSSR count). The van der Waals surface area contributed by atoms with Crippen molar-refractivity contribution in [1.82, 2.24) is 10.3 Å². The Balaban J connectivity index is 1.77. The second-order valence-electron chi connectivity index (χ2n) is 3.99.